The number of hydrogen-bond acceptors (Lipinski definition) is 4. The Morgan fingerprint density at radius 1 is 1.50 bits per heavy atom. The van der Waals surface area contributed by atoms with Gasteiger partial charge in [0.1, 0.15) is 5.82 Å². The number of amides is 1. The van der Waals surface area contributed by atoms with Gasteiger partial charge >= 0.3 is 0 Å². The molecule has 2 aromatic rings. The lowest BCUT2D eigenvalue weighted by molar-refractivity contribution is -0.124. The fourth-order valence-corrected chi connectivity index (χ4v) is 2.62. The van der Waals surface area contributed by atoms with Crippen molar-refractivity contribution < 1.29 is 9.18 Å². The van der Waals surface area contributed by atoms with Crippen LogP contribution in [0.15, 0.2) is 43.0 Å². The zero-order valence-electron chi connectivity index (χ0n) is 12.0. The summed E-state index contributed by atoms with van der Waals surface area (Å²) in [5.74, 6) is -0.623. The van der Waals surface area contributed by atoms with Crippen molar-refractivity contribution in [2.24, 2.45) is 5.92 Å². The summed E-state index contributed by atoms with van der Waals surface area (Å²) in [4.78, 5) is 16.3. The molecule has 6 nitrogen and oxygen atoms in total. The number of nitrogens with zero attached hydrogens (tertiary/aromatic N) is 2. The second-order valence-electron chi connectivity index (χ2n) is 5.26. The largest absolute Gasteiger partial charge is 0.354 e. The van der Waals surface area contributed by atoms with Gasteiger partial charge in [-0.05, 0) is 17.7 Å². The van der Waals surface area contributed by atoms with Crippen LogP contribution < -0.4 is 16.2 Å². The third-order valence-corrected chi connectivity index (χ3v) is 3.75. The van der Waals surface area contributed by atoms with Crippen molar-refractivity contribution in [3.8, 4) is 0 Å². The van der Waals surface area contributed by atoms with Crippen LogP contribution >= 0.6 is 0 Å². The van der Waals surface area contributed by atoms with E-state index in [9.17, 15) is 9.18 Å². The summed E-state index contributed by atoms with van der Waals surface area (Å²) in [6, 6.07) is 6.09. The van der Waals surface area contributed by atoms with Gasteiger partial charge < -0.3 is 9.88 Å². The molecular formula is C15H18FN5O. The van der Waals surface area contributed by atoms with Crippen LogP contribution in [0, 0.1) is 11.7 Å². The van der Waals surface area contributed by atoms with Gasteiger partial charge in [0.25, 0.3) is 0 Å². The van der Waals surface area contributed by atoms with Gasteiger partial charge in [0.2, 0.25) is 5.91 Å². The van der Waals surface area contributed by atoms with Crippen LogP contribution in [-0.2, 0) is 11.3 Å². The summed E-state index contributed by atoms with van der Waals surface area (Å²) in [6.07, 6.45) is 5.26. The van der Waals surface area contributed by atoms with Crippen molar-refractivity contribution in [3.63, 3.8) is 0 Å². The number of halogens is 1. The van der Waals surface area contributed by atoms with E-state index < -0.39 is 0 Å². The topological polar surface area (TPSA) is 71.0 Å². The summed E-state index contributed by atoms with van der Waals surface area (Å²) in [7, 11) is 0. The van der Waals surface area contributed by atoms with Crippen LogP contribution in [0.1, 0.15) is 11.6 Å². The van der Waals surface area contributed by atoms with E-state index in [4.69, 9.17) is 0 Å². The summed E-state index contributed by atoms with van der Waals surface area (Å²) in [5, 5.41) is 2.92. The van der Waals surface area contributed by atoms with Gasteiger partial charge in [-0.2, -0.15) is 0 Å². The number of hydrogen-bond donors (Lipinski definition) is 3. The molecule has 1 saturated heterocycles. The van der Waals surface area contributed by atoms with Crippen molar-refractivity contribution in [2.45, 2.75) is 12.6 Å². The molecule has 116 valence electrons. The first-order chi connectivity index (χ1) is 10.7. The molecule has 2 unspecified atom stereocenters. The Kier molecular flexibility index (Phi) is 4.45. The van der Waals surface area contributed by atoms with Crippen LogP contribution in [0.2, 0.25) is 0 Å². The Hall–Kier alpha value is -2.25. The average Bonchev–Trinajstić information content (AvgIpc) is 3.18. The van der Waals surface area contributed by atoms with Crippen LogP contribution in [-0.4, -0.2) is 28.5 Å². The highest BCUT2D eigenvalue weighted by molar-refractivity contribution is 5.80. The fourth-order valence-electron chi connectivity index (χ4n) is 2.62. The third-order valence-electron chi connectivity index (χ3n) is 3.75. The molecule has 22 heavy (non-hydrogen) atoms. The van der Waals surface area contributed by atoms with Gasteiger partial charge in [0.05, 0.1) is 18.3 Å². The first-order valence-electron chi connectivity index (χ1n) is 7.21. The molecule has 1 aromatic carbocycles. The van der Waals surface area contributed by atoms with Crippen LogP contribution in [0.25, 0.3) is 0 Å². The van der Waals surface area contributed by atoms with E-state index in [-0.39, 0.29) is 23.7 Å². The highest BCUT2D eigenvalue weighted by atomic mass is 19.1. The summed E-state index contributed by atoms with van der Waals surface area (Å²) >= 11 is 0. The molecule has 1 amide bonds. The zero-order valence-corrected chi connectivity index (χ0v) is 12.0. The minimum Gasteiger partial charge on any atom is -0.354 e. The number of carbonyl (C=O) groups is 1. The van der Waals surface area contributed by atoms with Crippen LogP contribution in [0.5, 0.6) is 0 Å². The van der Waals surface area contributed by atoms with E-state index in [1.165, 1.54) is 12.1 Å². The molecule has 1 aliphatic heterocycles. The van der Waals surface area contributed by atoms with E-state index in [0.717, 1.165) is 5.56 Å². The first-order valence-corrected chi connectivity index (χ1v) is 7.21. The van der Waals surface area contributed by atoms with Gasteiger partial charge in [-0.15, -0.1) is 0 Å². The summed E-state index contributed by atoms with van der Waals surface area (Å²) in [6.45, 7) is 1.71. The lowest BCUT2D eigenvalue weighted by atomic mass is 9.94. The lowest BCUT2D eigenvalue weighted by Gasteiger charge is -2.18. The molecule has 1 aromatic heterocycles. The Bertz CT molecular complexity index is 631. The maximum Gasteiger partial charge on any atom is 0.226 e. The number of benzene rings is 1. The predicted molar refractivity (Wildman–Crippen MR) is 79.0 cm³/mol. The molecule has 3 rings (SSSR count). The second kappa shape index (κ2) is 6.67. The van der Waals surface area contributed by atoms with Crippen molar-refractivity contribution in [1.29, 1.82) is 0 Å². The van der Waals surface area contributed by atoms with E-state index in [1.807, 2.05) is 16.8 Å². The fraction of sp³-hybridized carbons (Fsp3) is 0.333. The maximum absolute atomic E-state index is 13.4. The maximum atomic E-state index is 13.4. The highest BCUT2D eigenvalue weighted by Crippen LogP contribution is 2.25. The van der Waals surface area contributed by atoms with E-state index >= 15 is 0 Å². The molecule has 0 radical (unpaired) electrons. The molecule has 0 spiro atoms. The number of rotatable bonds is 5. The second-order valence-corrected chi connectivity index (χ2v) is 5.26. The molecule has 0 bridgehead atoms. The molecule has 0 aliphatic carbocycles. The molecule has 7 heteroatoms. The monoisotopic (exact) mass is 303 g/mol. The van der Waals surface area contributed by atoms with Crippen molar-refractivity contribution in [2.75, 3.05) is 13.1 Å². The van der Waals surface area contributed by atoms with Gasteiger partial charge in [-0.3, -0.25) is 10.2 Å². The number of imidazole rings is 1. The minimum atomic E-state index is -0.300. The van der Waals surface area contributed by atoms with Crippen LogP contribution in [0.4, 0.5) is 4.39 Å². The summed E-state index contributed by atoms with van der Waals surface area (Å²) < 4.78 is 15.2. The normalized spacial score (nSPS) is 21.0. The molecular weight excluding hydrogens is 285 g/mol. The van der Waals surface area contributed by atoms with Crippen molar-refractivity contribution in [1.82, 2.24) is 25.7 Å². The zero-order chi connectivity index (χ0) is 15.4. The standard InChI is InChI=1S/C15H18FN5O/c16-12-3-1-2-11(8-12)14-13(9-19-20-14)15(22)18-5-7-21-6-4-17-10-21/h1-4,6,8,10,13-14,19-20H,5,7,9H2,(H,18,22). The van der Waals surface area contributed by atoms with Crippen LogP contribution in [0.3, 0.4) is 0 Å². The lowest BCUT2D eigenvalue weighted by Crippen LogP contribution is -2.36. The van der Waals surface area contributed by atoms with E-state index in [2.05, 4.69) is 21.2 Å². The van der Waals surface area contributed by atoms with Gasteiger partial charge in [0.15, 0.2) is 0 Å². The average molecular weight is 303 g/mol. The van der Waals surface area contributed by atoms with Gasteiger partial charge in [-0.1, -0.05) is 12.1 Å². The van der Waals surface area contributed by atoms with E-state index in [1.54, 1.807) is 18.6 Å². The van der Waals surface area contributed by atoms with Crippen molar-refractivity contribution in [3.05, 3.63) is 54.4 Å². The summed E-state index contributed by atoms with van der Waals surface area (Å²) in [5.41, 5.74) is 6.78. The first kappa shape index (κ1) is 14.7. The predicted octanol–water partition coefficient (Wildman–Crippen LogP) is 0.604. The number of carbonyl (C=O) groups excluding carboxylic acids is 1. The quantitative estimate of drug-likeness (QED) is 0.757. The Labute approximate surface area is 127 Å². The molecule has 3 N–H and O–H groups in total. The third kappa shape index (κ3) is 3.32. The molecule has 0 saturated carbocycles. The Morgan fingerprint density at radius 2 is 2.41 bits per heavy atom. The Morgan fingerprint density at radius 3 is 3.18 bits per heavy atom. The minimum absolute atomic E-state index is 0.0492. The molecule has 1 aliphatic rings. The number of hydrazine groups is 1. The number of nitrogens with one attached hydrogen (secondary N) is 3. The SMILES string of the molecule is O=C(NCCn1ccnc1)C1CNNC1c1cccc(F)c1. The number of aromatic nitrogens is 2. The molecule has 2 heterocycles. The van der Waals surface area contributed by atoms with Gasteiger partial charge in [0, 0.05) is 32.0 Å². The molecule has 1 fully saturated rings. The molecule has 2 atom stereocenters. The highest BCUT2D eigenvalue weighted by Gasteiger charge is 2.33. The van der Waals surface area contributed by atoms with Crippen molar-refractivity contribution >= 4 is 5.91 Å². The van der Waals surface area contributed by atoms with E-state index in [0.29, 0.717) is 19.6 Å². The smallest absolute Gasteiger partial charge is 0.226 e. The Balaban J connectivity index is 1.59. The van der Waals surface area contributed by atoms with Gasteiger partial charge in [-0.25, -0.2) is 14.8 Å².